The number of aryl methyl sites for hydroxylation is 1. The lowest BCUT2D eigenvalue weighted by molar-refractivity contribution is 0.0944. The topological polar surface area (TPSA) is 49.3 Å². The second-order valence-electron chi connectivity index (χ2n) is 2.94. The van der Waals surface area contributed by atoms with Crippen molar-refractivity contribution in [3.63, 3.8) is 0 Å². The van der Waals surface area contributed by atoms with Crippen LogP contribution in [0.2, 0.25) is 5.02 Å². The molecule has 0 aliphatic carbocycles. The summed E-state index contributed by atoms with van der Waals surface area (Å²) in [5.74, 6) is -0.196. The summed E-state index contributed by atoms with van der Waals surface area (Å²) < 4.78 is 0. The normalized spacial score (nSPS) is 9.93. The molecule has 76 valence electrons. The number of aliphatic hydroxyl groups excluding tert-OH is 1. The van der Waals surface area contributed by atoms with Crippen LogP contribution in [0.5, 0.6) is 0 Å². The van der Waals surface area contributed by atoms with Gasteiger partial charge in [-0.25, -0.2) is 0 Å². The van der Waals surface area contributed by atoms with Crippen molar-refractivity contribution in [2.24, 2.45) is 0 Å². The van der Waals surface area contributed by atoms with Crippen LogP contribution in [-0.2, 0) is 0 Å². The largest absolute Gasteiger partial charge is 0.395 e. The minimum atomic E-state index is -0.196. The number of hydrogen-bond acceptors (Lipinski definition) is 2. The van der Waals surface area contributed by atoms with Crippen LogP contribution in [-0.4, -0.2) is 24.2 Å². The smallest absolute Gasteiger partial charge is 0.251 e. The number of aliphatic hydroxyl groups is 1. The fraction of sp³-hybridized carbons (Fsp3) is 0.300. The molecule has 3 nitrogen and oxygen atoms in total. The van der Waals surface area contributed by atoms with Gasteiger partial charge in [-0.05, 0) is 30.7 Å². The van der Waals surface area contributed by atoms with Crippen molar-refractivity contribution in [1.29, 1.82) is 0 Å². The summed E-state index contributed by atoms with van der Waals surface area (Å²) in [7, 11) is 0. The lowest BCUT2D eigenvalue weighted by Crippen LogP contribution is -2.26. The molecule has 14 heavy (non-hydrogen) atoms. The Bertz CT molecular complexity index is 339. The molecule has 1 rings (SSSR count). The zero-order chi connectivity index (χ0) is 10.6. The van der Waals surface area contributed by atoms with Crippen molar-refractivity contribution in [2.45, 2.75) is 6.92 Å². The van der Waals surface area contributed by atoms with E-state index in [0.29, 0.717) is 10.6 Å². The number of amides is 1. The molecular formula is C10H12ClNO2. The first-order chi connectivity index (χ1) is 6.65. The Labute approximate surface area is 87.7 Å². The molecule has 1 aromatic rings. The zero-order valence-corrected chi connectivity index (χ0v) is 8.64. The average Bonchev–Trinajstić information content (AvgIpc) is 2.18. The van der Waals surface area contributed by atoms with Gasteiger partial charge < -0.3 is 10.4 Å². The van der Waals surface area contributed by atoms with E-state index >= 15 is 0 Å². The number of benzene rings is 1. The first-order valence-corrected chi connectivity index (χ1v) is 4.68. The van der Waals surface area contributed by atoms with Crippen molar-refractivity contribution < 1.29 is 9.90 Å². The lowest BCUT2D eigenvalue weighted by atomic mass is 10.1. The van der Waals surface area contributed by atoms with Crippen LogP contribution in [0.3, 0.4) is 0 Å². The predicted octanol–water partition coefficient (Wildman–Crippen LogP) is 1.37. The molecule has 0 unspecified atom stereocenters. The molecule has 0 spiro atoms. The van der Waals surface area contributed by atoms with E-state index in [1.165, 1.54) is 0 Å². The van der Waals surface area contributed by atoms with E-state index in [0.717, 1.165) is 5.56 Å². The highest BCUT2D eigenvalue weighted by Crippen LogP contribution is 2.15. The molecule has 1 amide bonds. The second kappa shape index (κ2) is 4.98. The number of carbonyl (C=O) groups is 1. The highest BCUT2D eigenvalue weighted by atomic mass is 35.5. The Hall–Kier alpha value is -1.06. The van der Waals surface area contributed by atoms with Gasteiger partial charge in [0.15, 0.2) is 0 Å². The predicted molar refractivity (Wildman–Crippen MR) is 55.6 cm³/mol. The Morgan fingerprint density at radius 3 is 2.86 bits per heavy atom. The van der Waals surface area contributed by atoms with E-state index in [1.54, 1.807) is 18.2 Å². The fourth-order valence-electron chi connectivity index (χ4n) is 1.06. The molecule has 0 saturated heterocycles. The third kappa shape index (κ3) is 2.72. The molecule has 0 heterocycles. The Morgan fingerprint density at radius 1 is 1.57 bits per heavy atom. The van der Waals surface area contributed by atoms with Crippen LogP contribution in [0.15, 0.2) is 18.2 Å². The van der Waals surface area contributed by atoms with Gasteiger partial charge in [0.25, 0.3) is 5.91 Å². The molecule has 0 radical (unpaired) electrons. The van der Waals surface area contributed by atoms with Crippen molar-refractivity contribution >= 4 is 17.5 Å². The summed E-state index contributed by atoms with van der Waals surface area (Å²) in [6, 6.07) is 5.06. The summed E-state index contributed by atoms with van der Waals surface area (Å²) in [6.45, 7) is 2.05. The minimum absolute atomic E-state index is 0.0572. The van der Waals surface area contributed by atoms with Crippen molar-refractivity contribution in [1.82, 2.24) is 5.32 Å². The van der Waals surface area contributed by atoms with Crippen molar-refractivity contribution in [3.8, 4) is 0 Å². The number of nitrogens with one attached hydrogen (secondary N) is 1. The van der Waals surface area contributed by atoms with Gasteiger partial charge in [-0.2, -0.15) is 0 Å². The third-order valence-electron chi connectivity index (χ3n) is 1.82. The molecule has 0 bridgehead atoms. The van der Waals surface area contributed by atoms with E-state index in [-0.39, 0.29) is 19.1 Å². The molecular weight excluding hydrogens is 202 g/mol. The number of halogens is 1. The van der Waals surface area contributed by atoms with E-state index in [9.17, 15) is 4.79 Å². The van der Waals surface area contributed by atoms with Crippen LogP contribution >= 0.6 is 11.6 Å². The van der Waals surface area contributed by atoms with Crippen LogP contribution in [0.1, 0.15) is 15.9 Å². The third-order valence-corrected chi connectivity index (χ3v) is 2.24. The van der Waals surface area contributed by atoms with Crippen LogP contribution in [0, 0.1) is 6.92 Å². The molecule has 1 aromatic carbocycles. The number of hydrogen-bond donors (Lipinski definition) is 2. The molecule has 0 fully saturated rings. The maximum Gasteiger partial charge on any atom is 0.251 e. The minimum Gasteiger partial charge on any atom is -0.395 e. The highest BCUT2D eigenvalue weighted by Gasteiger charge is 2.05. The molecule has 0 aliphatic rings. The SMILES string of the molecule is Cc1cc(C(=O)NCCO)ccc1Cl. The van der Waals surface area contributed by atoms with Crippen LogP contribution < -0.4 is 5.32 Å². The van der Waals surface area contributed by atoms with Gasteiger partial charge in [0.2, 0.25) is 0 Å². The highest BCUT2D eigenvalue weighted by molar-refractivity contribution is 6.31. The monoisotopic (exact) mass is 213 g/mol. The fourth-order valence-corrected chi connectivity index (χ4v) is 1.17. The van der Waals surface area contributed by atoms with Crippen molar-refractivity contribution in [2.75, 3.05) is 13.2 Å². The quantitative estimate of drug-likeness (QED) is 0.797. The molecule has 0 aliphatic heterocycles. The summed E-state index contributed by atoms with van der Waals surface area (Å²) in [5.41, 5.74) is 1.42. The Balaban J connectivity index is 2.76. The van der Waals surface area contributed by atoms with Gasteiger partial charge in [-0.1, -0.05) is 11.6 Å². The van der Waals surface area contributed by atoms with Gasteiger partial charge in [0, 0.05) is 17.1 Å². The maximum atomic E-state index is 11.4. The van der Waals surface area contributed by atoms with E-state index in [2.05, 4.69) is 5.32 Å². The number of rotatable bonds is 3. The van der Waals surface area contributed by atoms with E-state index in [1.807, 2.05) is 6.92 Å². The van der Waals surface area contributed by atoms with Gasteiger partial charge in [-0.15, -0.1) is 0 Å². The molecule has 2 N–H and O–H groups in total. The second-order valence-corrected chi connectivity index (χ2v) is 3.35. The molecule has 0 saturated carbocycles. The van der Waals surface area contributed by atoms with Gasteiger partial charge in [0.05, 0.1) is 6.61 Å². The summed E-state index contributed by atoms with van der Waals surface area (Å²) in [6.07, 6.45) is 0. The Morgan fingerprint density at radius 2 is 2.29 bits per heavy atom. The standard InChI is InChI=1S/C10H12ClNO2/c1-7-6-8(2-3-9(7)11)10(14)12-4-5-13/h2-3,6,13H,4-5H2,1H3,(H,12,14). The lowest BCUT2D eigenvalue weighted by Gasteiger charge is -2.04. The van der Waals surface area contributed by atoms with Gasteiger partial charge in [-0.3, -0.25) is 4.79 Å². The first kappa shape index (κ1) is 11.0. The first-order valence-electron chi connectivity index (χ1n) is 4.30. The number of carbonyl (C=O) groups excluding carboxylic acids is 1. The van der Waals surface area contributed by atoms with Gasteiger partial charge in [0.1, 0.15) is 0 Å². The maximum absolute atomic E-state index is 11.4. The molecule has 0 aromatic heterocycles. The van der Waals surface area contributed by atoms with Crippen molar-refractivity contribution in [3.05, 3.63) is 34.3 Å². The van der Waals surface area contributed by atoms with E-state index < -0.39 is 0 Å². The zero-order valence-electron chi connectivity index (χ0n) is 7.88. The van der Waals surface area contributed by atoms with Crippen LogP contribution in [0.25, 0.3) is 0 Å². The summed E-state index contributed by atoms with van der Waals surface area (Å²) >= 11 is 5.82. The van der Waals surface area contributed by atoms with E-state index in [4.69, 9.17) is 16.7 Å². The summed E-state index contributed by atoms with van der Waals surface area (Å²) in [4.78, 5) is 11.4. The Kier molecular flexibility index (Phi) is 3.92. The average molecular weight is 214 g/mol. The van der Waals surface area contributed by atoms with Crippen LogP contribution in [0.4, 0.5) is 0 Å². The molecule has 0 atom stereocenters. The molecule has 4 heteroatoms. The summed E-state index contributed by atoms with van der Waals surface area (Å²) in [5, 5.41) is 11.7. The van der Waals surface area contributed by atoms with Gasteiger partial charge >= 0.3 is 0 Å².